The van der Waals surface area contributed by atoms with Crippen molar-refractivity contribution in [3.05, 3.63) is 23.3 Å². The first-order valence-corrected chi connectivity index (χ1v) is 8.90. The fourth-order valence-corrected chi connectivity index (χ4v) is 5.17. The molecule has 0 radical (unpaired) electrons. The highest BCUT2D eigenvalue weighted by Crippen LogP contribution is 2.58. The van der Waals surface area contributed by atoms with Crippen LogP contribution in [0.4, 0.5) is 0 Å². The lowest BCUT2D eigenvalue weighted by Gasteiger charge is -2.40. The van der Waals surface area contributed by atoms with E-state index in [9.17, 15) is 0 Å². The van der Waals surface area contributed by atoms with Crippen molar-refractivity contribution in [1.82, 2.24) is 0 Å². The molecule has 1 nitrogen and oxygen atoms in total. The van der Waals surface area contributed by atoms with Gasteiger partial charge in [0.25, 0.3) is 0 Å². The molecule has 2 bridgehead atoms. The van der Waals surface area contributed by atoms with Gasteiger partial charge in [0.2, 0.25) is 0 Å². The van der Waals surface area contributed by atoms with Gasteiger partial charge in [-0.1, -0.05) is 30.2 Å². The molecule has 2 saturated heterocycles. The molecule has 0 amide bonds. The van der Waals surface area contributed by atoms with Gasteiger partial charge in [0.1, 0.15) is 0 Å². The lowest BCUT2D eigenvalue weighted by Crippen LogP contribution is -2.40. The standard InChI is InChI=1S/C20H32O/c1-13(2)7-6-8-14(3)16-11-12-20(5)17-10-9-15(4)18(17)19(16)21-20/h7,9,14,16-19H,6,8,10-12H2,1-5H3. The van der Waals surface area contributed by atoms with E-state index in [1.807, 2.05) is 0 Å². The Kier molecular flexibility index (Phi) is 4.07. The van der Waals surface area contributed by atoms with Gasteiger partial charge in [-0.2, -0.15) is 0 Å². The Labute approximate surface area is 130 Å². The Bertz CT molecular complexity index is 456. The van der Waals surface area contributed by atoms with E-state index in [1.165, 1.54) is 37.7 Å². The predicted octanol–water partition coefficient (Wildman–Crippen LogP) is 5.52. The largest absolute Gasteiger partial charge is 0.371 e. The second-order valence-electron chi connectivity index (χ2n) is 8.25. The second kappa shape index (κ2) is 5.57. The quantitative estimate of drug-likeness (QED) is 0.619. The molecule has 3 rings (SSSR count). The second-order valence-corrected chi connectivity index (χ2v) is 8.25. The molecule has 0 aromatic carbocycles. The zero-order valence-electron chi connectivity index (χ0n) is 14.5. The highest BCUT2D eigenvalue weighted by molar-refractivity contribution is 5.23. The van der Waals surface area contributed by atoms with Crippen LogP contribution in [0, 0.1) is 23.7 Å². The third kappa shape index (κ3) is 2.63. The van der Waals surface area contributed by atoms with Gasteiger partial charge >= 0.3 is 0 Å². The Morgan fingerprint density at radius 1 is 1.48 bits per heavy atom. The van der Waals surface area contributed by atoms with Gasteiger partial charge in [0.05, 0.1) is 11.7 Å². The van der Waals surface area contributed by atoms with Crippen molar-refractivity contribution < 1.29 is 4.74 Å². The lowest BCUT2D eigenvalue weighted by molar-refractivity contribution is -0.118. The first-order chi connectivity index (χ1) is 9.92. The Balaban J connectivity index is 1.71. The minimum Gasteiger partial charge on any atom is -0.371 e. The summed E-state index contributed by atoms with van der Waals surface area (Å²) in [5, 5.41) is 0. The van der Waals surface area contributed by atoms with Gasteiger partial charge in [0, 0.05) is 11.8 Å². The molecule has 0 aromatic heterocycles. The van der Waals surface area contributed by atoms with Crippen LogP contribution in [0.15, 0.2) is 23.3 Å². The molecule has 118 valence electrons. The van der Waals surface area contributed by atoms with Gasteiger partial charge in [-0.25, -0.2) is 0 Å². The molecular weight excluding hydrogens is 256 g/mol. The Hall–Kier alpha value is -0.560. The number of allylic oxidation sites excluding steroid dienone is 3. The van der Waals surface area contributed by atoms with Crippen LogP contribution in [0.3, 0.4) is 0 Å². The van der Waals surface area contributed by atoms with E-state index in [-0.39, 0.29) is 5.60 Å². The van der Waals surface area contributed by atoms with Gasteiger partial charge in [-0.05, 0) is 71.6 Å². The Morgan fingerprint density at radius 3 is 2.95 bits per heavy atom. The SMILES string of the molecule is CC(C)=CCCC(C)C1CCC2(C)OC1C1C(C)=CCC12. The summed E-state index contributed by atoms with van der Waals surface area (Å²) in [6.07, 6.45) is 11.8. The molecule has 6 unspecified atom stereocenters. The van der Waals surface area contributed by atoms with Crippen LogP contribution >= 0.6 is 0 Å². The Morgan fingerprint density at radius 2 is 2.24 bits per heavy atom. The molecule has 2 fully saturated rings. The molecule has 6 atom stereocenters. The molecule has 2 heterocycles. The van der Waals surface area contributed by atoms with Gasteiger partial charge in [-0.15, -0.1) is 0 Å². The van der Waals surface area contributed by atoms with E-state index in [2.05, 4.69) is 46.8 Å². The van der Waals surface area contributed by atoms with Crippen molar-refractivity contribution in [2.45, 2.75) is 78.4 Å². The fraction of sp³-hybridized carbons (Fsp3) is 0.800. The number of fused-ring (bicyclic) bond motifs is 5. The van der Waals surface area contributed by atoms with E-state index in [4.69, 9.17) is 4.74 Å². The van der Waals surface area contributed by atoms with Crippen molar-refractivity contribution in [3.63, 3.8) is 0 Å². The van der Waals surface area contributed by atoms with Crippen LogP contribution in [-0.2, 0) is 4.74 Å². The molecule has 0 N–H and O–H groups in total. The molecule has 1 aliphatic carbocycles. The summed E-state index contributed by atoms with van der Waals surface area (Å²) >= 11 is 0. The summed E-state index contributed by atoms with van der Waals surface area (Å²) in [6, 6.07) is 0. The number of hydrogen-bond acceptors (Lipinski definition) is 1. The summed E-state index contributed by atoms with van der Waals surface area (Å²) in [4.78, 5) is 0. The zero-order valence-corrected chi connectivity index (χ0v) is 14.5. The molecule has 0 saturated carbocycles. The minimum atomic E-state index is 0.166. The molecule has 21 heavy (non-hydrogen) atoms. The summed E-state index contributed by atoms with van der Waals surface area (Å²) in [6.45, 7) is 11.6. The van der Waals surface area contributed by atoms with Crippen LogP contribution in [0.1, 0.15) is 66.7 Å². The summed E-state index contributed by atoms with van der Waals surface area (Å²) < 4.78 is 6.63. The maximum absolute atomic E-state index is 6.63. The van der Waals surface area contributed by atoms with E-state index in [0.29, 0.717) is 12.0 Å². The first-order valence-electron chi connectivity index (χ1n) is 8.90. The highest BCUT2D eigenvalue weighted by Gasteiger charge is 2.58. The van der Waals surface area contributed by atoms with Crippen molar-refractivity contribution in [2.75, 3.05) is 0 Å². The first kappa shape index (κ1) is 15.3. The highest BCUT2D eigenvalue weighted by atomic mass is 16.5. The predicted molar refractivity (Wildman–Crippen MR) is 89.2 cm³/mol. The van der Waals surface area contributed by atoms with Crippen LogP contribution < -0.4 is 0 Å². The van der Waals surface area contributed by atoms with E-state index >= 15 is 0 Å². The zero-order chi connectivity index (χ0) is 15.2. The normalized spacial score (nSPS) is 42.4. The smallest absolute Gasteiger partial charge is 0.0696 e. The third-order valence-electron chi connectivity index (χ3n) is 6.50. The van der Waals surface area contributed by atoms with Gasteiger partial charge < -0.3 is 4.74 Å². The summed E-state index contributed by atoms with van der Waals surface area (Å²) in [5.41, 5.74) is 3.22. The van der Waals surface area contributed by atoms with Crippen LogP contribution in [0.5, 0.6) is 0 Å². The summed E-state index contributed by atoms with van der Waals surface area (Å²) in [5.74, 6) is 3.02. The number of hydrogen-bond donors (Lipinski definition) is 0. The van der Waals surface area contributed by atoms with E-state index in [0.717, 1.165) is 17.8 Å². The van der Waals surface area contributed by atoms with Crippen LogP contribution in [0.25, 0.3) is 0 Å². The van der Waals surface area contributed by atoms with Crippen LogP contribution in [0.2, 0.25) is 0 Å². The van der Waals surface area contributed by atoms with Crippen molar-refractivity contribution >= 4 is 0 Å². The molecule has 2 aliphatic heterocycles. The average molecular weight is 288 g/mol. The molecule has 3 aliphatic rings. The van der Waals surface area contributed by atoms with E-state index < -0.39 is 0 Å². The van der Waals surface area contributed by atoms with E-state index in [1.54, 1.807) is 5.57 Å². The maximum Gasteiger partial charge on any atom is 0.0696 e. The van der Waals surface area contributed by atoms with Crippen molar-refractivity contribution in [3.8, 4) is 0 Å². The third-order valence-corrected chi connectivity index (χ3v) is 6.50. The summed E-state index contributed by atoms with van der Waals surface area (Å²) in [7, 11) is 0. The van der Waals surface area contributed by atoms with Gasteiger partial charge in [-0.3, -0.25) is 0 Å². The van der Waals surface area contributed by atoms with Gasteiger partial charge in [0.15, 0.2) is 0 Å². The van der Waals surface area contributed by atoms with Crippen LogP contribution in [-0.4, -0.2) is 11.7 Å². The topological polar surface area (TPSA) is 9.23 Å². The molecule has 1 heteroatoms. The lowest BCUT2D eigenvalue weighted by atomic mass is 9.77. The fourth-order valence-electron chi connectivity index (χ4n) is 5.17. The molecule has 0 aromatic rings. The molecular formula is C20H32O. The maximum atomic E-state index is 6.63. The molecule has 0 spiro atoms. The minimum absolute atomic E-state index is 0.166. The number of ether oxygens (including phenoxy) is 1. The average Bonchev–Trinajstić information content (AvgIpc) is 2.89. The van der Waals surface area contributed by atoms with Crippen molar-refractivity contribution in [1.29, 1.82) is 0 Å². The monoisotopic (exact) mass is 288 g/mol. The van der Waals surface area contributed by atoms with Crippen molar-refractivity contribution in [2.24, 2.45) is 23.7 Å². The number of rotatable bonds is 4.